The van der Waals surface area contributed by atoms with Crippen LogP contribution in [0.3, 0.4) is 0 Å². The van der Waals surface area contributed by atoms with Crippen molar-refractivity contribution < 1.29 is 9.18 Å². The van der Waals surface area contributed by atoms with Crippen molar-refractivity contribution in [2.45, 2.75) is 6.42 Å². The minimum Gasteiger partial charge on any atom is -0.398 e. The lowest BCUT2D eigenvalue weighted by molar-refractivity contribution is 0.0993. The van der Waals surface area contributed by atoms with E-state index in [4.69, 9.17) is 5.73 Å². The van der Waals surface area contributed by atoms with E-state index in [1.807, 2.05) is 24.3 Å². The van der Waals surface area contributed by atoms with Crippen LogP contribution in [0.5, 0.6) is 0 Å². The fourth-order valence-corrected chi connectivity index (χ4v) is 2.41. The molecule has 0 radical (unpaired) electrons. The molecule has 0 aliphatic carbocycles. The molecule has 3 aromatic rings. The zero-order chi connectivity index (χ0) is 14.8. The van der Waals surface area contributed by atoms with E-state index in [9.17, 15) is 9.18 Å². The first-order valence-corrected chi connectivity index (χ1v) is 6.70. The monoisotopic (exact) mass is 279 g/mol. The Morgan fingerprint density at radius 1 is 0.952 bits per heavy atom. The van der Waals surface area contributed by atoms with Gasteiger partial charge in [-0.2, -0.15) is 0 Å². The molecule has 0 unspecified atom stereocenters. The van der Waals surface area contributed by atoms with Crippen LogP contribution in [0.4, 0.5) is 10.1 Å². The third-order valence-electron chi connectivity index (χ3n) is 3.53. The second-order valence-corrected chi connectivity index (χ2v) is 4.98. The Morgan fingerprint density at radius 2 is 1.57 bits per heavy atom. The van der Waals surface area contributed by atoms with E-state index in [2.05, 4.69) is 0 Å². The Morgan fingerprint density at radius 3 is 2.29 bits per heavy atom. The number of nitrogens with two attached hydrogens (primary N) is 1. The highest BCUT2D eigenvalue weighted by Crippen LogP contribution is 2.23. The number of carbonyl (C=O) groups excluding carboxylic acids is 1. The molecule has 0 aliphatic rings. The molecule has 3 aromatic carbocycles. The standard InChI is InChI=1S/C18H14FNO/c19-16-8-4-3-7-14(16)11-18(21)15-9-12-5-1-2-6-13(12)10-17(15)20/h1-10H,11,20H2. The van der Waals surface area contributed by atoms with E-state index in [-0.39, 0.29) is 18.0 Å². The van der Waals surface area contributed by atoms with Gasteiger partial charge >= 0.3 is 0 Å². The number of fused-ring (bicyclic) bond motifs is 1. The van der Waals surface area contributed by atoms with E-state index < -0.39 is 0 Å². The molecular weight excluding hydrogens is 265 g/mol. The van der Waals surface area contributed by atoms with Crippen molar-refractivity contribution in [2.24, 2.45) is 0 Å². The number of halogens is 1. The smallest absolute Gasteiger partial charge is 0.169 e. The van der Waals surface area contributed by atoms with Gasteiger partial charge < -0.3 is 5.73 Å². The predicted octanol–water partition coefficient (Wildman–Crippen LogP) is 3.99. The van der Waals surface area contributed by atoms with Gasteiger partial charge in [0.1, 0.15) is 5.82 Å². The van der Waals surface area contributed by atoms with Gasteiger partial charge in [0.15, 0.2) is 5.78 Å². The Bertz CT molecular complexity index is 826. The summed E-state index contributed by atoms with van der Waals surface area (Å²) in [7, 11) is 0. The van der Waals surface area contributed by atoms with Crippen LogP contribution in [0.15, 0.2) is 60.7 Å². The fraction of sp³-hybridized carbons (Fsp3) is 0.0556. The maximum atomic E-state index is 13.6. The van der Waals surface area contributed by atoms with Crippen molar-refractivity contribution in [1.82, 2.24) is 0 Å². The second kappa shape index (κ2) is 5.37. The molecule has 0 amide bonds. The highest BCUT2D eigenvalue weighted by atomic mass is 19.1. The molecule has 0 saturated carbocycles. The van der Waals surface area contributed by atoms with Crippen LogP contribution in [0, 0.1) is 5.82 Å². The molecule has 0 heterocycles. The first kappa shape index (κ1) is 13.3. The summed E-state index contributed by atoms with van der Waals surface area (Å²) in [4.78, 5) is 12.4. The van der Waals surface area contributed by atoms with Gasteiger partial charge in [-0.05, 0) is 34.5 Å². The minimum absolute atomic E-state index is 0.00914. The molecule has 0 spiro atoms. The van der Waals surface area contributed by atoms with Crippen LogP contribution >= 0.6 is 0 Å². The molecule has 3 heteroatoms. The first-order chi connectivity index (χ1) is 10.1. The summed E-state index contributed by atoms with van der Waals surface area (Å²) < 4.78 is 13.6. The van der Waals surface area contributed by atoms with Gasteiger partial charge in [0.25, 0.3) is 0 Å². The Hall–Kier alpha value is -2.68. The first-order valence-electron chi connectivity index (χ1n) is 6.70. The van der Waals surface area contributed by atoms with E-state index in [0.29, 0.717) is 16.8 Å². The lowest BCUT2D eigenvalue weighted by Crippen LogP contribution is -2.08. The highest BCUT2D eigenvalue weighted by Gasteiger charge is 2.13. The van der Waals surface area contributed by atoms with E-state index in [1.54, 1.807) is 30.3 Å². The number of Topliss-reactive ketones (excluding diaryl/α,β-unsaturated/α-hetero) is 1. The molecule has 0 fully saturated rings. The zero-order valence-corrected chi connectivity index (χ0v) is 11.3. The van der Waals surface area contributed by atoms with Crippen LogP contribution in [0.1, 0.15) is 15.9 Å². The van der Waals surface area contributed by atoms with Crippen LogP contribution in [-0.2, 0) is 6.42 Å². The van der Waals surface area contributed by atoms with E-state index >= 15 is 0 Å². The van der Waals surface area contributed by atoms with Crippen molar-refractivity contribution in [3.63, 3.8) is 0 Å². The lowest BCUT2D eigenvalue weighted by atomic mass is 9.98. The lowest BCUT2D eigenvalue weighted by Gasteiger charge is -2.08. The molecule has 2 nitrogen and oxygen atoms in total. The van der Waals surface area contributed by atoms with Gasteiger partial charge in [-0.15, -0.1) is 0 Å². The van der Waals surface area contributed by atoms with E-state index in [0.717, 1.165) is 10.8 Å². The third kappa shape index (κ3) is 2.63. The molecule has 0 saturated heterocycles. The average Bonchev–Trinajstić information content (AvgIpc) is 2.49. The molecule has 0 bridgehead atoms. The molecule has 0 aliphatic heterocycles. The molecule has 0 atom stereocenters. The molecule has 21 heavy (non-hydrogen) atoms. The summed E-state index contributed by atoms with van der Waals surface area (Å²) in [6, 6.07) is 17.5. The number of nitrogen functional groups attached to an aromatic ring is 1. The van der Waals surface area contributed by atoms with Gasteiger partial charge in [0, 0.05) is 17.7 Å². The normalized spacial score (nSPS) is 10.7. The Labute approximate surface area is 122 Å². The van der Waals surface area contributed by atoms with Crippen LogP contribution < -0.4 is 5.73 Å². The number of ketones is 1. The Balaban J connectivity index is 1.98. The molecular formula is C18H14FNO. The number of carbonyl (C=O) groups is 1. The number of hydrogen-bond donors (Lipinski definition) is 1. The number of rotatable bonds is 3. The SMILES string of the molecule is Nc1cc2ccccc2cc1C(=O)Cc1ccccc1F. The van der Waals surface area contributed by atoms with Crippen molar-refractivity contribution in [2.75, 3.05) is 5.73 Å². The zero-order valence-electron chi connectivity index (χ0n) is 11.3. The Kier molecular flexibility index (Phi) is 3.40. The summed E-state index contributed by atoms with van der Waals surface area (Å²) in [6.45, 7) is 0. The fourth-order valence-electron chi connectivity index (χ4n) is 2.41. The summed E-state index contributed by atoms with van der Waals surface area (Å²) in [5.41, 5.74) is 7.22. The maximum Gasteiger partial charge on any atom is 0.169 e. The van der Waals surface area contributed by atoms with Crippen molar-refractivity contribution >= 4 is 22.2 Å². The summed E-state index contributed by atoms with van der Waals surface area (Å²) in [5.74, 6) is -0.548. The van der Waals surface area contributed by atoms with Crippen LogP contribution in [0.2, 0.25) is 0 Å². The van der Waals surface area contributed by atoms with Gasteiger partial charge in [-0.3, -0.25) is 4.79 Å². The molecule has 3 rings (SSSR count). The largest absolute Gasteiger partial charge is 0.398 e. The van der Waals surface area contributed by atoms with Crippen LogP contribution in [-0.4, -0.2) is 5.78 Å². The van der Waals surface area contributed by atoms with Gasteiger partial charge in [0.2, 0.25) is 0 Å². The highest BCUT2D eigenvalue weighted by molar-refractivity contribution is 6.05. The van der Waals surface area contributed by atoms with Crippen molar-refractivity contribution in [1.29, 1.82) is 0 Å². The summed E-state index contributed by atoms with van der Waals surface area (Å²) in [5, 5.41) is 1.93. The van der Waals surface area contributed by atoms with E-state index in [1.165, 1.54) is 6.07 Å². The summed E-state index contributed by atoms with van der Waals surface area (Å²) >= 11 is 0. The third-order valence-corrected chi connectivity index (χ3v) is 3.53. The van der Waals surface area contributed by atoms with Crippen molar-refractivity contribution in [3.05, 3.63) is 77.6 Å². The summed E-state index contributed by atoms with van der Waals surface area (Å²) in [6.07, 6.45) is 0.00914. The molecule has 104 valence electrons. The second-order valence-electron chi connectivity index (χ2n) is 4.98. The van der Waals surface area contributed by atoms with Crippen LogP contribution in [0.25, 0.3) is 10.8 Å². The number of benzene rings is 3. The van der Waals surface area contributed by atoms with Gasteiger partial charge in [-0.1, -0.05) is 42.5 Å². The molecule has 2 N–H and O–H groups in total. The minimum atomic E-state index is -0.370. The quantitative estimate of drug-likeness (QED) is 0.582. The average molecular weight is 279 g/mol. The number of hydrogen-bond acceptors (Lipinski definition) is 2. The van der Waals surface area contributed by atoms with Gasteiger partial charge in [0.05, 0.1) is 0 Å². The maximum absolute atomic E-state index is 13.6. The number of anilines is 1. The topological polar surface area (TPSA) is 43.1 Å². The van der Waals surface area contributed by atoms with Gasteiger partial charge in [-0.25, -0.2) is 4.39 Å². The predicted molar refractivity (Wildman–Crippen MR) is 82.8 cm³/mol. The molecule has 0 aromatic heterocycles. The van der Waals surface area contributed by atoms with Crippen molar-refractivity contribution in [3.8, 4) is 0 Å².